The SMILES string of the molecule is C=CC(C)(C)c1cc2c(cc1O)O[C@H](c1cc(O)c3c(c1CC=C(C)C)C=CC(C)(C)O3)CC2. The lowest BCUT2D eigenvalue weighted by Crippen LogP contribution is -2.28. The van der Waals surface area contributed by atoms with Crippen molar-refractivity contribution in [1.29, 1.82) is 0 Å². The molecule has 0 saturated heterocycles. The molecule has 0 bridgehead atoms. The number of ether oxygens (including phenoxy) is 2. The number of benzene rings is 2. The third-order valence-corrected chi connectivity index (χ3v) is 6.85. The molecular weight excluding hydrogens is 424 g/mol. The first kappa shape index (κ1) is 24.0. The van der Waals surface area contributed by atoms with Crippen molar-refractivity contribution in [3.63, 3.8) is 0 Å². The molecule has 2 aliphatic rings. The number of aryl methyl sites for hydroxylation is 1. The zero-order chi connectivity index (χ0) is 24.8. The van der Waals surface area contributed by atoms with Gasteiger partial charge in [-0.25, -0.2) is 0 Å². The summed E-state index contributed by atoms with van der Waals surface area (Å²) in [5.74, 6) is 1.55. The number of phenols is 2. The number of hydrogen-bond acceptors (Lipinski definition) is 4. The highest BCUT2D eigenvalue weighted by atomic mass is 16.5. The minimum atomic E-state index is -0.478. The fourth-order valence-corrected chi connectivity index (χ4v) is 4.68. The molecule has 4 nitrogen and oxygen atoms in total. The number of aromatic hydroxyl groups is 2. The minimum absolute atomic E-state index is 0.128. The normalized spacial score (nSPS) is 18.2. The summed E-state index contributed by atoms with van der Waals surface area (Å²) < 4.78 is 12.6. The van der Waals surface area contributed by atoms with Crippen molar-refractivity contribution in [2.24, 2.45) is 0 Å². The third-order valence-electron chi connectivity index (χ3n) is 6.85. The zero-order valence-corrected chi connectivity index (χ0v) is 21.2. The summed E-state index contributed by atoms with van der Waals surface area (Å²) in [7, 11) is 0. The van der Waals surface area contributed by atoms with E-state index < -0.39 is 5.60 Å². The molecule has 2 aromatic carbocycles. The van der Waals surface area contributed by atoms with Crippen LogP contribution >= 0.6 is 0 Å². The summed E-state index contributed by atoms with van der Waals surface area (Å²) in [5.41, 5.74) is 5.32. The molecular formula is C30H36O4. The fraction of sp³-hybridized carbons (Fsp3) is 0.400. The highest BCUT2D eigenvalue weighted by Gasteiger charge is 2.32. The molecule has 0 fully saturated rings. The Morgan fingerprint density at radius 3 is 2.59 bits per heavy atom. The van der Waals surface area contributed by atoms with Gasteiger partial charge in [0.1, 0.15) is 23.2 Å². The Balaban J connectivity index is 1.77. The molecule has 180 valence electrons. The van der Waals surface area contributed by atoms with Gasteiger partial charge in [-0.05, 0) is 76.3 Å². The molecule has 34 heavy (non-hydrogen) atoms. The van der Waals surface area contributed by atoms with Crippen molar-refractivity contribution >= 4 is 6.08 Å². The van der Waals surface area contributed by atoms with Crippen LogP contribution in [-0.4, -0.2) is 15.8 Å². The number of fused-ring (bicyclic) bond motifs is 2. The Morgan fingerprint density at radius 1 is 1.18 bits per heavy atom. The van der Waals surface area contributed by atoms with Crippen LogP contribution in [0.15, 0.2) is 48.6 Å². The summed E-state index contributed by atoms with van der Waals surface area (Å²) in [6.45, 7) is 16.1. The van der Waals surface area contributed by atoms with Crippen LogP contribution < -0.4 is 9.47 Å². The monoisotopic (exact) mass is 460 g/mol. The second-order valence-electron chi connectivity index (χ2n) is 10.8. The standard InChI is InChI=1S/C30H36O4/c1-8-29(4,5)23-15-19-10-12-26(33-27(19)17-24(23)31)22-16-25(32)28-21(13-14-30(6,7)34-28)20(22)11-9-18(2)3/h8-9,13-17,26,31-32H,1,10-12H2,2-7H3/t26-/m0/s1. The van der Waals surface area contributed by atoms with Crippen molar-refractivity contribution < 1.29 is 19.7 Å². The maximum atomic E-state index is 10.9. The molecule has 4 rings (SSSR count). The van der Waals surface area contributed by atoms with Crippen molar-refractivity contribution in [2.45, 2.75) is 77.9 Å². The van der Waals surface area contributed by atoms with E-state index in [1.54, 1.807) is 12.1 Å². The maximum absolute atomic E-state index is 10.9. The molecule has 0 unspecified atom stereocenters. The van der Waals surface area contributed by atoms with Gasteiger partial charge in [-0.2, -0.15) is 0 Å². The Kier molecular flexibility index (Phi) is 6.05. The lowest BCUT2D eigenvalue weighted by atomic mass is 9.82. The Hall–Kier alpha value is -3.14. The van der Waals surface area contributed by atoms with E-state index in [1.165, 1.54) is 5.57 Å². The smallest absolute Gasteiger partial charge is 0.169 e. The van der Waals surface area contributed by atoms with E-state index in [9.17, 15) is 10.2 Å². The summed E-state index contributed by atoms with van der Waals surface area (Å²) >= 11 is 0. The molecule has 1 atom stereocenters. The molecule has 4 heteroatoms. The number of hydrogen-bond donors (Lipinski definition) is 2. The van der Waals surface area contributed by atoms with Crippen LogP contribution in [0.25, 0.3) is 6.08 Å². The summed E-state index contributed by atoms with van der Waals surface area (Å²) in [6.07, 6.45) is 10.2. The van der Waals surface area contributed by atoms with Gasteiger partial charge in [0.05, 0.1) is 0 Å². The van der Waals surface area contributed by atoms with Crippen LogP contribution in [0, 0.1) is 0 Å². The minimum Gasteiger partial charge on any atom is -0.507 e. The quantitative estimate of drug-likeness (QED) is 0.459. The average Bonchev–Trinajstić information content (AvgIpc) is 2.77. The van der Waals surface area contributed by atoms with E-state index in [2.05, 4.69) is 32.6 Å². The van der Waals surface area contributed by atoms with Crippen LogP contribution in [0.1, 0.15) is 81.9 Å². The second kappa shape index (κ2) is 8.57. The van der Waals surface area contributed by atoms with Crippen LogP contribution in [0.5, 0.6) is 23.0 Å². The summed E-state index contributed by atoms with van der Waals surface area (Å²) in [6, 6.07) is 5.56. The van der Waals surface area contributed by atoms with Crippen LogP contribution in [-0.2, 0) is 18.3 Å². The fourth-order valence-electron chi connectivity index (χ4n) is 4.68. The Morgan fingerprint density at radius 2 is 1.91 bits per heavy atom. The second-order valence-corrected chi connectivity index (χ2v) is 10.8. The van der Waals surface area contributed by atoms with Crippen LogP contribution in [0.4, 0.5) is 0 Å². The topological polar surface area (TPSA) is 58.9 Å². The predicted octanol–water partition coefficient (Wildman–Crippen LogP) is 7.32. The van der Waals surface area contributed by atoms with E-state index in [4.69, 9.17) is 9.47 Å². The molecule has 0 amide bonds. The number of rotatable bonds is 5. The largest absolute Gasteiger partial charge is 0.507 e. The highest BCUT2D eigenvalue weighted by Crippen LogP contribution is 2.47. The van der Waals surface area contributed by atoms with E-state index in [-0.39, 0.29) is 23.0 Å². The zero-order valence-electron chi connectivity index (χ0n) is 21.2. The Labute approximate surface area is 203 Å². The van der Waals surface area contributed by atoms with Crippen molar-refractivity contribution in [3.8, 4) is 23.0 Å². The van der Waals surface area contributed by atoms with Gasteiger partial charge >= 0.3 is 0 Å². The molecule has 0 saturated carbocycles. The molecule has 0 aromatic heterocycles. The number of phenolic OH excluding ortho intramolecular Hbond substituents is 2. The number of allylic oxidation sites excluding steroid dienone is 3. The van der Waals surface area contributed by atoms with Gasteiger partial charge in [0.2, 0.25) is 0 Å². The maximum Gasteiger partial charge on any atom is 0.169 e. The first-order chi connectivity index (χ1) is 15.9. The Bertz CT molecular complexity index is 1190. The van der Waals surface area contributed by atoms with Gasteiger partial charge in [-0.15, -0.1) is 6.58 Å². The molecule has 2 aromatic rings. The molecule has 0 spiro atoms. The first-order valence-corrected chi connectivity index (χ1v) is 12.0. The van der Waals surface area contributed by atoms with Gasteiger partial charge in [-0.3, -0.25) is 0 Å². The molecule has 2 heterocycles. The predicted molar refractivity (Wildman–Crippen MR) is 138 cm³/mol. The average molecular weight is 461 g/mol. The van der Waals surface area contributed by atoms with E-state index >= 15 is 0 Å². The van der Waals surface area contributed by atoms with Gasteiger partial charge in [0, 0.05) is 28.2 Å². The first-order valence-electron chi connectivity index (χ1n) is 12.0. The molecule has 2 N–H and O–H groups in total. The molecule has 0 radical (unpaired) electrons. The van der Waals surface area contributed by atoms with Crippen molar-refractivity contribution in [3.05, 3.63) is 76.4 Å². The lowest BCUT2D eigenvalue weighted by molar-refractivity contribution is 0.151. The van der Waals surface area contributed by atoms with Crippen LogP contribution in [0.2, 0.25) is 0 Å². The van der Waals surface area contributed by atoms with Gasteiger partial charge in [0.25, 0.3) is 0 Å². The summed E-state index contributed by atoms with van der Waals surface area (Å²) in [5, 5.41) is 21.7. The van der Waals surface area contributed by atoms with E-state index in [0.717, 1.165) is 47.1 Å². The van der Waals surface area contributed by atoms with Gasteiger partial charge in [-0.1, -0.05) is 37.6 Å². The summed E-state index contributed by atoms with van der Waals surface area (Å²) in [4.78, 5) is 0. The van der Waals surface area contributed by atoms with Crippen LogP contribution in [0.3, 0.4) is 0 Å². The van der Waals surface area contributed by atoms with E-state index in [1.807, 2.05) is 45.9 Å². The third kappa shape index (κ3) is 4.46. The lowest BCUT2D eigenvalue weighted by Gasteiger charge is -2.33. The molecule has 2 aliphatic heterocycles. The molecule has 0 aliphatic carbocycles. The van der Waals surface area contributed by atoms with E-state index in [0.29, 0.717) is 11.5 Å². The van der Waals surface area contributed by atoms with Crippen molar-refractivity contribution in [2.75, 3.05) is 0 Å². The highest BCUT2D eigenvalue weighted by molar-refractivity contribution is 5.71. The van der Waals surface area contributed by atoms with Gasteiger partial charge in [0.15, 0.2) is 11.5 Å². The van der Waals surface area contributed by atoms with Gasteiger partial charge < -0.3 is 19.7 Å². The van der Waals surface area contributed by atoms with Crippen molar-refractivity contribution in [1.82, 2.24) is 0 Å².